The number of carboxylic acids is 1. The van der Waals surface area contributed by atoms with Crippen molar-refractivity contribution >= 4 is 29.1 Å². The molecule has 1 heterocycles. The normalized spacial score (nSPS) is 9.86. The van der Waals surface area contributed by atoms with E-state index in [2.05, 4.69) is 15.3 Å². The van der Waals surface area contributed by atoms with Gasteiger partial charge in [-0.05, 0) is 18.5 Å². The number of rotatable bonds is 3. The van der Waals surface area contributed by atoms with Crippen molar-refractivity contribution in [3.63, 3.8) is 0 Å². The van der Waals surface area contributed by atoms with E-state index in [-0.39, 0.29) is 17.6 Å². The maximum Gasteiger partial charge on any atom is 0.322 e. The van der Waals surface area contributed by atoms with E-state index in [1.54, 1.807) is 6.92 Å². The van der Waals surface area contributed by atoms with Crippen LogP contribution in [0.15, 0.2) is 0 Å². The third kappa shape index (κ3) is 2.46. The molecule has 0 amide bonds. The van der Waals surface area contributed by atoms with Crippen molar-refractivity contribution in [3.05, 3.63) is 11.0 Å². The molecule has 0 saturated carbocycles. The zero-order valence-electron chi connectivity index (χ0n) is 7.41. The van der Waals surface area contributed by atoms with Crippen molar-refractivity contribution in [3.8, 4) is 0 Å². The standard InChI is InChI=1S/C7H9ClN4O2/c1-3-5(9)6(10-2-4(13)14)12-7(8)11-3/h2,9H2,1H3,(H,13,14)(H,10,11,12). The highest BCUT2D eigenvalue weighted by atomic mass is 35.5. The van der Waals surface area contributed by atoms with E-state index in [4.69, 9.17) is 22.4 Å². The smallest absolute Gasteiger partial charge is 0.322 e. The summed E-state index contributed by atoms with van der Waals surface area (Å²) in [6, 6.07) is 0. The summed E-state index contributed by atoms with van der Waals surface area (Å²) in [5.41, 5.74) is 6.41. The molecule has 0 aliphatic carbocycles. The van der Waals surface area contributed by atoms with Crippen LogP contribution in [0.4, 0.5) is 11.5 Å². The fraction of sp³-hybridized carbons (Fsp3) is 0.286. The number of carbonyl (C=O) groups is 1. The van der Waals surface area contributed by atoms with Crippen molar-refractivity contribution in [1.29, 1.82) is 0 Å². The first-order chi connectivity index (χ1) is 6.50. The Hall–Kier alpha value is -1.56. The molecular weight excluding hydrogens is 208 g/mol. The molecule has 1 aromatic heterocycles. The molecular formula is C7H9ClN4O2. The van der Waals surface area contributed by atoms with E-state index in [1.807, 2.05) is 0 Å². The lowest BCUT2D eigenvalue weighted by Crippen LogP contribution is -2.15. The van der Waals surface area contributed by atoms with Crippen molar-refractivity contribution < 1.29 is 9.90 Å². The van der Waals surface area contributed by atoms with Crippen LogP contribution in [0, 0.1) is 6.92 Å². The molecule has 0 aromatic carbocycles. The van der Waals surface area contributed by atoms with Crippen molar-refractivity contribution in [2.24, 2.45) is 0 Å². The number of hydrogen-bond donors (Lipinski definition) is 3. The molecule has 4 N–H and O–H groups in total. The van der Waals surface area contributed by atoms with E-state index in [0.29, 0.717) is 11.4 Å². The molecule has 0 spiro atoms. The lowest BCUT2D eigenvalue weighted by atomic mass is 10.3. The lowest BCUT2D eigenvalue weighted by molar-refractivity contribution is -0.134. The molecule has 0 saturated heterocycles. The van der Waals surface area contributed by atoms with Crippen LogP contribution in [-0.4, -0.2) is 27.6 Å². The molecule has 14 heavy (non-hydrogen) atoms. The minimum Gasteiger partial charge on any atom is -0.480 e. The molecule has 0 bridgehead atoms. The Bertz CT molecular complexity index is 369. The Morgan fingerprint density at radius 3 is 2.86 bits per heavy atom. The summed E-state index contributed by atoms with van der Waals surface area (Å²) in [5.74, 6) is -0.762. The molecule has 1 aromatic rings. The molecule has 0 aliphatic heterocycles. The molecule has 0 unspecified atom stereocenters. The SMILES string of the molecule is Cc1nc(Cl)nc(NCC(=O)O)c1N. The zero-order valence-corrected chi connectivity index (χ0v) is 8.17. The van der Waals surface area contributed by atoms with E-state index < -0.39 is 5.97 Å². The maximum absolute atomic E-state index is 10.3. The zero-order chi connectivity index (χ0) is 10.7. The van der Waals surface area contributed by atoms with Gasteiger partial charge in [0.05, 0.1) is 11.4 Å². The van der Waals surface area contributed by atoms with E-state index in [1.165, 1.54) is 0 Å². The summed E-state index contributed by atoms with van der Waals surface area (Å²) < 4.78 is 0. The van der Waals surface area contributed by atoms with Gasteiger partial charge in [-0.2, -0.15) is 4.98 Å². The quantitative estimate of drug-likeness (QED) is 0.637. The summed E-state index contributed by atoms with van der Waals surface area (Å²) in [7, 11) is 0. The number of nitrogen functional groups attached to an aromatic ring is 1. The predicted octanol–water partition coefficient (Wildman–Crippen LogP) is 0.517. The van der Waals surface area contributed by atoms with Gasteiger partial charge in [0.25, 0.3) is 0 Å². The second-order valence-corrected chi connectivity index (χ2v) is 2.93. The Morgan fingerprint density at radius 1 is 1.64 bits per heavy atom. The van der Waals surface area contributed by atoms with Crippen LogP contribution < -0.4 is 11.1 Å². The molecule has 76 valence electrons. The number of halogens is 1. The molecule has 6 nitrogen and oxygen atoms in total. The summed E-state index contributed by atoms with van der Waals surface area (Å²) >= 11 is 5.57. The fourth-order valence-corrected chi connectivity index (χ4v) is 1.05. The molecule has 0 atom stereocenters. The first-order valence-electron chi connectivity index (χ1n) is 3.76. The Labute approximate surface area is 85.1 Å². The second-order valence-electron chi connectivity index (χ2n) is 2.59. The number of nitrogens with two attached hydrogens (primary N) is 1. The average molecular weight is 217 g/mol. The maximum atomic E-state index is 10.3. The Morgan fingerprint density at radius 2 is 2.29 bits per heavy atom. The third-order valence-electron chi connectivity index (χ3n) is 1.52. The highest BCUT2D eigenvalue weighted by molar-refractivity contribution is 6.28. The Balaban J connectivity index is 2.90. The van der Waals surface area contributed by atoms with Crippen molar-refractivity contribution in [2.75, 3.05) is 17.6 Å². The van der Waals surface area contributed by atoms with Gasteiger partial charge >= 0.3 is 5.97 Å². The molecule has 7 heteroatoms. The number of anilines is 2. The number of carboxylic acid groups (broad SMARTS) is 1. The van der Waals surface area contributed by atoms with Crippen molar-refractivity contribution in [2.45, 2.75) is 6.92 Å². The van der Waals surface area contributed by atoms with Gasteiger partial charge in [0.15, 0.2) is 5.82 Å². The minimum atomic E-state index is -1.00. The van der Waals surface area contributed by atoms with Gasteiger partial charge in [-0.25, -0.2) is 4.98 Å². The van der Waals surface area contributed by atoms with Crippen LogP contribution in [0.25, 0.3) is 0 Å². The van der Waals surface area contributed by atoms with E-state index in [9.17, 15) is 4.79 Å². The van der Waals surface area contributed by atoms with Crippen molar-refractivity contribution in [1.82, 2.24) is 9.97 Å². The van der Waals surface area contributed by atoms with Crippen LogP contribution in [0.1, 0.15) is 5.69 Å². The van der Waals surface area contributed by atoms with Crippen LogP contribution in [-0.2, 0) is 4.79 Å². The van der Waals surface area contributed by atoms with Gasteiger partial charge < -0.3 is 16.2 Å². The number of hydrogen-bond acceptors (Lipinski definition) is 5. The summed E-state index contributed by atoms with van der Waals surface area (Å²) in [4.78, 5) is 17.8. The van der Waals surface area contributed by atoms with E-state index in [0.717, 1.165) is 0 Å². The van der Waals surface area contributed by atoms with Gasteiger partial charge in [-0.15, -0.1) is 0 Å². The van der Waals surface area contributed by atoms with Crippen LogP contribution >= 0.6 is 11.6 Å². The van der Waals surface area contributed by atoms with Gasteiger partial charge in [-0.3, -0.25) is 4.79 Å². The number of aryl methyl sites for hydroxylation is 1. The number of nitrogens with zero attached hydrogens (tertiary/aromatic N) is 2. The highest BCUT2D eigenvalue weighted by Gasteiger charge is 2.08. The number of aromatic nitrogens is 2. The van der Waals surface area contributed by atoms with Gasteiger partial charge in [-0.1, -0.05) is 0 Å². The van der Waals surface area contributed by atoms with Gasteiger partial charge in [0.1, 0.15) is 6.54 Å². The highest BCUT2D eigenvalue weighted by Crippen LogP contribution is 2.19. The van der Waals surface area contributed by atoms with Crippen LogP contribution in [0.2, 0.25) is 5.28 Å². The lowest BCUT2D eigenvalue weighted by Gasteiger charge is -2.07. The van der Waals surface area contributed by atoms with Gasteiger partial charge in [0.2, 0.25) is 5.28 Å². The van der Waals surface area contributed by atoms with Crippen LogP contribution in [0.5, 0.6) is 0 Å². The van der Waals surface area contributed by atoms with E-state index >= 15 is 0 Å². The molecule has 0 radical (unpaired) electrons. The van der Waals surface area contributed by atoms with Gasteiger partial charge in [0, 0.05) is 0 Å². The monoisotopic (exact) mass is 216 g/mol. The molecule has 0 fully saturated rings. The number of nitrogens with one attached hydrogen (secondary N) is 1. The largest absolute Gasteiger partial charge is 0.480 e. The number of aliphatic carboxylic acids is 1. The van der Waals surface area contributed by atoms with Crippen LogP contribution in [0.3, 0.4) is 0 Å². The Kier molecular flexibility index (Phi) is 3.08. The summed E-state index contributed by atoms with van der Waals surface area (Å²) in [6.07, 6.45) is 0. The first kappa shape index (κ1) is 10.5. The molecule has 0 aliphatic rings. The summed E-state index contributed by atoms with van der Waals surface area (Å²) in [5, 5.41) is 11.0. The molecule has 1 rings (SSSR count). The summed E-state index contributed by atoms with van der Waals surface area (Å²) in [6.45, 7) is 1.39. The fourth-order valence-electron chi connectivity index (χ4n) is 0.842. The second kappa shape index (κ2) is 4.10. The topological polar surface area (TPSA) is 101 Å². The first-order valence-corrected chi connectivity index (χ1v) is 4.13. The predicted molar refractivity (Wildman–Crippen MR) is 52.3 cm³/mol. The minimum absolute atomic E-state index is 0.0320. The third-order valence-corrected chi connectivity index (χ3v) is 1.69. The average Bonchev–Trinajstić information content (AvgIpc) is 2.08.